The topological polar surface area (TPSA) is 60.0 Å². The molecule has 2 aromatic rings. The average molecular weight is 281 g/mol. The van der Waals surface area contributed by atoms with Gasteiger partial charge in [0, 0.05) is 5.46 Å². The third-order valence-electron chi connectivity index (χ3n) is 4.04. The van der Waals surface area contributed by atoms with Crippen molar-refractivity contribution in [3.8, 4) is 0 Å². The number of hydrogen-bond donors (Lipinski definition) is 1. The number of H-pyrrole nitrogens is 1. The van der Waals surface area contributed by atoms with Crippen LogP contribution in [0.2, 0.25) is 0 Å². The first kappa shape index (κ1) is 13.4. The van der Waals surface area contributed by atoms with Crippen molar-refractivity contribution in [1.29, 1.82) is 0 Å². The van der Waals surface area contributed by atoms with Crippen molar-refractivity contribution >= 4 is 23.6 Å². The second-order valence-corrected chi connectivity index (χ2v) is 5.89. The van der Waals surface area contributed by atoms with Crippen LogP contribution in [-0.4, -0.2) is 33.7 Å². The molecule has 8 heteroatoms. The Labute approximate surface area is 114 Å². The molecule has 0 aliphatic carbocycles. The summed E-state index contributed by atoms with van der Waals surface area (Å²) in [5, 5.41) is 9.28. The molecule has 5 nitrogen and oxygen atoms in total. The Morgan fingerprint density at radius 2 is 1.75 bits per heavy atom. The molecule has 1 aromatic carbocycles. The van der Waals surface area contributed by atoms with Crippen molar-refractivity contribution in [2.24, 2.45) is 0 Å². The highest BCUT2D eigenvalue weighted by atomic mass is 19.1. The highest BCUT2D eigenvalue weighted by Gasteiger charge is 2.52. The fourth-order valence-corrected chi connectivity index (χ4v) is 2.10. The summed E-state index contributed by atoms with van der Waals surface area (Å²) in [7, 11) is -0.976. The van der Waals surface area contributed by atoms with Gasteiger partial charge in [0.15, 0.2) is 11.3 Å². The zero-order valence-corrected chi connectivity index (χ0v) is 11.6. The molecule has 0 spiro atoms. The lowest BCUT2D eigenvalue weighted by Crippen LogP contribution is -2.41. The van der Waals surface area contributed by atoms with E-state index in [1.165, 1.54) is 0 Å². The molecule has 0 radical (unpaired) electrons. The molecule has 3 rings (SSSR count). The van der Waals surface area contributed by atoms with Gasteiger partial charge in [0.25, 0.3) is 0 Å². The lowest BCUT2D eigenvalue weighted by Gasteiger charge is -2.32. The highest BCUT2D eigenvalue weighted by molar-refractivity contribution is 6.62. The molecule has 1 aromatic heterocycles. The van der Waals surface area contributed by atoms with Gasteiger partial charge in [-0.05, 0) is 33.8 Å². The van der Waals surface area contributed by atoms with Crippen LogP contribution in [0, 0.1) is 11.6 Å². The largest absolute Gasteiger partial charge is 0.498 e. The Morgan fingerprint density at radius 3 is 2.35 bits per heavy atom. The molecule has 0 unspecified atom stereocenters. The number of hydrogen-bond acceptors (Lipinski definition) is 4. The van der Waals surface area contributed by atoms with Crippen LogP contribution in [0.3, 0.4) is 0 Å². The molecular weight excluding hydrogens is 267 g/mol. The van der Waals surface area contributed by atoms with Gasteiger partial charge < -0.3 is 9.31 Å². The van der Waals surface area contributed by atoms with Gasteiger partial charge in [-0.2, -0.15) is 0 Å². The van der Waals surface area contributed by atoms with E-state index in [-0.39, 0.29) is 16.5 Å². The van der Waals surface area contributed by atoms with E-state index in [0.717, 1.165) is 6.07 Å². The maximum Gasteiger partial charge on any atom is 0.498 e. The summed E-state index contributed by atoms with van der Waals surface area (Å²) in [4.78, 5) is 0. The van der Waals surface area contributed by atoms with Crippen LogP contribution in [0.15, 0.2) is 6.07 Å². The normalized spacial score (nSPS) is 20.8. The fraction of sp³-hybridized carbons (Fsp3) is 0.500. The predicted molar refractivity (Wildman–Crippen MR) is 69.5 cm³/mol. The quantitative estimate of drug-likeness (QED) is 0.805. The number of aromatic nitrogens is 3. The predicted octanol–water partition coefficient (Wildman–Crippen LogP) is 1.54. The number of halogens is 2. The summed E-state index contributed by atoms with van der Waals surface area (Å²) < 4.78 is 39.7. The molecule has 20 heavy (non-hydrogen) atoms. The standard InChI is InChI=1S/C12H14BF2N3O2/c1-11(2)12(3,4)20-13(19-11)6-5-7(14)9-10(8(6)15)17-18-16-9/h5H,1-4H3,(H,16,17,18). The van der Waals surface area contributed by atoms with E-state index in [1.807, 2.05) is 27.7 Å². The van der Waals surface area contributed by atoms with Gasteiger partial charge in [0.2, 0.25) is 0 Å². The van der Waals surface area contributed by atoms with E-state index in [9.17, 15) is 8.78 Å². The molecule has 0 amide bonds. The SMILES string of the molecule is CC1(C)OB(c2cc(F)c3[nH]nnc3c2F)OC1(C)C. The summed E-state index contributed by atoms with van der Waals surface area (Å²) in [6.07, 6.45) is 0. The average Bonchev–Trinajstić information content (AvgIpc) is 2.88. The monoisotopic (exact) mass is 281 g/mol. The first-order valence-corrected chi connectivity index (χ1v) is 6.27. The summed E-state index contributed by atoms with van der Waals surface area (Å²) in [5.74, 6) is -1.33. The van der Waals surface area contributed by atoms with Gasteiger partial charge in [-0.15, -0.1) is 5.10 Å². The zero-order chi connectivity index (χ0) is 14.7. The van der Waals surface area contributed by atoms with Crippen LogP contribution in [0.4, 0.5) is 8.78 Å². The first-order valence-electron chi connectivity index (χ1n) is 6.27. The van der Waals surface area contributed by atoms with E-state index in [1.54, 1.807) is 0 Å². The minimum atomic E-state index is -0.976. The minimum absolute atomic E-state index is 0.0115. The molecular formula is C12H14BF2N3O2. The van der Waals surface area contributed by atoms with E-state index in [4.69, 9.17) is 9.31 Å². The molecule has 0 saturated carbocycles. The van der Waals surface area contributed by atoms with Crippen LogP contribution in [0.25, 0.3) is 11.0 Å². The number of benzene rings is 1. The van der Waals surface area contributed by atoms with Crippen LogP contribution >= 0.6 is 0 Å². The van der Waals surface area contributed by atoms with Gasteiger partial charge in [0.05, 0.1) is 11.2 Å². The van der Waals surface area contributed by atoms with Crippen molar-refractivity contribution in [1.82, 2.24) is 15.4 Å². The first-order chi connectivity index (χ1) is 9.23. The Morgan fingerprint density at radius 1 is 1.15 bits per heavy atom. The van der Waals surface area contributed by atoms with E-state index in [2.05, 4.69) is 15.4 Å². The molecule has 0 bridgehead atoms. The Kier molecular flexibility index (Phi) is 2.68. The van der Waals surface area contributed by atoms with Crippen molar-refractivity contribution in [2.75, 3.05) is 0 Å². The zero-order valence-electron chi connectivity index (χ0n) is 11.6. The van der Waals surface area contributed by atoms with Crippen molar-refractivity contribution in [3.05, 3.63) is 17.7 Å². The molecule has 2 heterocycles. The minimum Gasteiger partial charge on any atom is -0.399 e. The summed E-state index contributed by atoms with van der Waals surface area (Å²) in [6.45, 7) is 7.37. The van der Waals surface area contributed by atoms with Gasteiger partial charge >= 0.3 is 7.12 Å². The van der Waals surface area contributed by atoms with Crippen molar-refractivity contribution < 1.29 is 18.1 Å². The van der Waals surface area contributed by atoms with Crippen LogP contribution < -0.4 is 5.46 Å². The van der Waals surface area contributed by atoms with Crippen molar-refractivity contribution in [2.45, 2.75) is 38.9 Å². The van der Waals surface area contributed by atoms with Crippen LogP contribution in [-0.2, 0) is 9.31 Å². The fourth-order valence-electron chi connectivity index (χ4n) is 2.10. The second kappa shape index (κ2) is 3.99. The third-order valence-corrected chi connectivity index (χ3v) is 4.04. The third kappa shape index (κ3) is 1.75. The number of fused-ring (bicyclic) bond motifs is 1. The van der Waals surface area contributed by atoms with E-state index < -0.39 is 30.0 Å². The van der Waals surface area contributed by atoms with Gasteiger partial charge in [-0.3, -0.25) is 5.10 Å². The van der Waals surface area contributed by atoms with Crippen LogP contribution in [0.5, 0.6) is 0 Å². The maximum absolute atomic E-state index is 14.4. The molecule has 1 N–H and O–H groups in total. The van der Waals surface area contributed by atoms with Gasteiger partial charge in [0.1, 0.15) is 11.3 Å². The number of nitrogens with zero attached hydrogens (tertiary/aromatic N) is 2. The number of aromatic amines is 1. The lowest BCUT2D eigenvalue weighted by molar-refractivity contribution is 0.00578. The molecule has 1 saturated heterocycles. The van der Waals surface area contributed by atoms with Crippen molar-refractivity contribution in [3.63, 3.8) is 0 Å². The van der Waals surface area contributed by atoms with E-state index in [0.29, 0.717) is 0 Å². The Bertz CT molecular complexity index is 671. The second-order valence-electron chi connectivity index (χ2n) is 5.89. The Balaban J connectivity index is 2.10. The van der Waals surface area contributed by atoms with E-state index >= 15 is 0 Å². The molecule has 1 aliphatic rings. The van der Waals surface area contributed by atoms with Crippen LogP contribution in [0.1, 0.15) is 27.7 Å². The summed E-state index contributed by atoms with van der Waals surface area (Å²) in [6, 6.07) is 1.06. The summed E-state index contributed by atoms with van der Waals surface area (Å²) in [5.41, 5.74) is -1.49. The molecule has 0 atom stereocenters. The Hall–Kier alpha value is -1.54. The number of nitrogens with one attached hydrogen (secondary N) is 1. The molecule has 106 valence electrons. The van der Waals surface area contributed by atoms with Gasteiger partial charge in [-0.1, -0.05) is 5.21 Å². The molecule has 1 fully saturated rings. The highest BCUT2D eigenvalue weighted by Crippen LogP contribution is 2.36. The maximum atomic E-state index is 14.4. The smallest absolute Gasteiger partial charge is 0.399 e. The molecule has 1 aliphatic heterocycles. The summed E-state index contributed by atoms with van der Waals surface area (Å²) >= 11 is 0. The number of rotatable bonds is 1. The van der Waals surface area contributed by atoms with Gasteiger partial charge in [-0.25, -0.2) is 8.78 Å². The lowest BCUT2D eigenvalue weighted by atomic mass is 9.78.